The number of rotatable bonds is 5. The average Bonchev–Trinajstić information content (AvgIpc) is 2.43. The van der Waals surface area contributed by atoms with Crippen molar-refractivity contribution in [1.29, 1.82) is 0 Å². The molecular formula is C13H8BrClN2O3S. The van der Waals surface area contributed by atoms with Gasteiger partial charge in [-0.25, -0.2) is 0 Å². The van der Waals surface area contributed by atoms with Gasteiger partial charge in [-0.1, -0.05) is 39.3 Å². The summed E-state index contributed by atoms with van der Waals surface area (Å²) in [5, 5.41) is 14.1. The van der Waals surface area contributed by atoms with Gasteiger partial charge in [0, 0.05) is 20.5 Å². The summed E-state index contributed by atoms with van der Waals surface area (Å²) in [6.45, 7) is 0. The minimum absolute atomic E-state index is 0.0218. The number of hydrogen-bond donors (Lipinski definition) is 1. The molecule has 1 N–H and O–H groups in total. The second-order valence-electron chi connectivity index (χ2n) is 3.87. The minimum atomic E-state index is -0.454. The number of carbonyl (C=O) groups is 1. The van der Waals surface area contributed by atoms with E-state index in [1.807, 2.05) is 0 Å². The third kappa shape index (κ3) is 3.96. The topological polar surface area (TPSA) is 72.2 Å². The number of halogens is 2. The highest BCUT2D eigenvalue weighted by molar-refractivity contribution is 9.10. The predicted octanol–water partition coefficient (Wildman–Crippen LogP) is 4.73. The molecule has 1 amide bonds. The Hall–Kier alpha value is -1.57. The number of anilines is 1. The van der Waals surface area contributed by atoms with Crippen LogP contribution in [0.3, 0.4) is 0 Å². The molecule has 0 unspecified atom stereocenters. The zero-order valence-electron chi connectivity index (χ0n) is 10.4. The van der Waals surface area contributed by atoms with Crippen molar-refractivity contribution < 1.29 is 9.72 Å². The van der Waals surface area contributed by atoms with Crippen LogP contribution in [0.2, 0.25) is 5.02 Å². The molecule has 0 spiro atoms. The molecule has 2 rings (SSSR count). The summed E-state index contributed by atoms with van der Waals surface area (Å²) >= 11 is 10.3. The van der Waals surface area contributed by atoms with Crippen molar-refractivity contribution in [1.82, 2.24) is 0 Å². The lowest BCUT2D eigenvalue weighted by molar-refractivity contribution is -0.387. The van der Waals surface area contributed by atoms with Crippen molar-refractivity contribution in [2.75, 3.05) is 5.32 Å². The van der Waals surface area contributed by atoms with Gasteiger partial charge in [0.1, 0.15) is 0 Å². The lowest BCUT2D eigenvalue weighted by atomic mass is 10.3. The molecule has 108 valence electrons. The molecule has 0 saturated heterocycles. The van der Waals surface area contributed by atoms with Gasteiger partial charge in [0.25, 0.3) is 5.69 Å². The fourth-order valence-corrected chi connectivity index (χ4v) is 3.22. The number of amides is 1. The van der Waals surface area contributed by atoms with Crippen LogP contribution in [0.1, 0.15) is 0 Å². The summed E-state index contributed by atoms with van der Waals surface area (Å²) in [6, 6.07) is 9.70. The number of nitrogens with one attached hydrogen (secondary N) is 1. The summed E-state index contributed by atoms with van der Waals surface area (Å²) in [4.78, 5) is 22.4. The van der Waals surface area contributed by atoms with Gasteiger partial charge in [-0.05, 0) is 30.3 Å². The largest absolute Gasteiger partial charge is 0.328 e. The number of hydrogen-bond acceptors (Lipinski definition) is 4. The molecule has 0 aromatic heterocycles. The van der Waals surface area contributed by atoms with Gasteiger partial charge < -0.3 is 5.32 Å². The van der Waals surface area contributed by atoms with E-state index in [-0.39, 0.29) is 5.69 Å². The lowest BCUT2D eigenvalue weighted by Crippen LogP contribution is -1.96. The Morgan fingerprint density at radius 1 is 1.24 bits per heavy atom. The molecule has 0 saturated carbocycles. The molecule has 5 nitrogen and oxygen atoms in total. The van der Waals surface area contributed by atoms with Crippen LogP contribution in [0.5, 0.6) is 0 Å². The van der Waals surface area contributed by atoms with Crippen LogP contribution in [0, 0.1) is 10.1 Å². The summed E-state index contributed by atoms with van der Waals surface area (Å²) in [5.74, 6) is 0. The highest BCUT2D eigenvalue weighted by atomic mass is 79.9. The first-order valence-corrected chi connectivity index (χ1v) is 7.61. The quantitative estimate of drug-likeness (QED) is 0.457. The second-order valence-corrected chi connectivity index (χ2v) is 6.31. The van der Waals surface area contributed by atoms with Crippen LogP contribution in [0.4, 0.5) is 11.4 Å². The summed E-state index contributed by atoms with van der Waals surface area (Å²) in [6.07, 6.45) is 0.545. The minimum Gasteiger partial charge on any atom is -0.328 e. The van der Waals surface area contributed by atoms with Crippen LogP contribution in [-0.2, 0) is 4.79 Å². The predicted molar refractivity (Wildman–Crippen MR) is 86.1 cm³/mol. The third-order valence-corrected chi connectivity index (χ3v) is 4.35. The van der Waals surface area contributed by atoms with Crippen LogP contribution >= 0.6 is 39.3 Å². The zero-order valence-corrected chi connectivity index (χ0v) is 13.5. The fraction of sp³-hybridized carbons (Fsp3) is 0. The van der Waals surface area contributed by atoms with Crippen LogP contribution in [0.25, 0.3) is 0 Å². The maximum atomic E-state index is 11.1. The van der Waals surface area contributed by atoms with Gasteiger partial charge in [-0.3, -0.25) is 14.9 Å². The maximum absolute atomic E-state index is 11.1. The molecule has 0 radical (unpaired) electrons. The van der Waals surface area contributed by atoms with E-state index >= 15 is 0 Å². The first kappa shape index (κ1) is 15.8. The molecular weight excluding hydrogens is 380 g/mol. The normalized spacial score (nSPS) is 10.2. The molecule has 8 heteroatoms. The van der Waals surface area contributed by atoms with E-state index in [4.69, 9.17) is 11.6 Å². The summed E-state index contributed by atoms with van der Waals surface area (Å²) in [7, 11) is 0. The number of carbonyl (C=O) groups excluding carboxylic acids is 1. The van der Waals surface area contributed by atoms with Gasteiger partial charge in [0.05, 0.1) is 15.5 Å². The fourth-order valence-electron chi connectivity index (χ4n) is 1.60. The molecule has 21 heavy (non-hydrogen) atoms. The highest BCUT2D eigenvalue weighted by Crippen LogP contribution is 2.40. The molecule has 2 aromatic carbocycles. The van der Waals surface area contributed by atoms with Crippen molar-refractivity contribution in [3.05, 3.63) is 56.0 Å². The molecule has 0 aliphatic carbocycles. The van der Waals surface area contributed by atoms with Crippen LogP contribution in [-0.4, -0.2) is 11.3 Å². The number of nitrogens with zero attached hydrogens (tertiary/aromatic N) is 1. The summed E-state index contributed by atoms with van der Waals surface area (Å²) < 4.78 is 0.621. The smallest absolute Gasteiger partial charge is 0.284 e. The Balaban J connectivity index is 2.44. The molecule has 0 atom stereocenters. The Kier molecular flexibility index (Phi) is 5.22. The van der Waals surface area contributed by atoms with Crippen LogP contribution < -0.4 is 5.32 Å². The maximum Gasteiger partial charge on any atom is 0.284 e. The second kappa shape index (κ2) is 6.93. The first-order chi connectivity index (χ1) is 10.0. The first-order valence-electron chi connectivity index (χ1n) is 5.63. The average molecular weight is 388 g/mol. The number of nitro groups is 1. The van der Waals surface area contributed by atoms with Crippen molar-refractivity contribution in [2.45, 2.75) is 9.79 Å². The van der Waals surface area contributed by atoms with E-state index < -0.39 is 4.92 Å². The lowest BCUT2D eigenvalue weighted by Gasteiger charge is -2.09. The molecule has 0 bridgehead atoms. The standard InChI is InChI=1S/C13H8BrClN2O3S/c14-8-1-4-12(11(5-8)17(19)20)21-13-6-9(15)2-3-10(13)16-7-18/h1-7H,(H,16,18). The van der Waals surface area contributed by atoms with Crippen molar-refractivity contribution >= 4 is 57.1 Å². The Morgan fingerprint density at radius 3 is 2.67 bits per heavy atom. The van der Waals surface area contributed by atoms with E-state index in [0.717, 1.165) is 11.8 Å². The number of nitro benzene ring substituents is 1. The van der Waals surface area contributed by atoms with E-state index in [2.05, 4.69) is 21.2 Å². The Labute approximate surface area is 138 Å². The van der Waals surface area contributed by atoms with Gasteiger partial charge in [0.2, 0.25) is 6.41 Å². The Morgan fingerprint density at radius 2 is 2.00 bits per heavy atom. The molecule has 0 fully saturated rings. The van der Waals surface area contributed by atoms with E-state index in [1.54, 1.807) is 30.3 Å². The Bertz CT molecular complexity index is 712. The van der Waals surface area contributed by atoms with E-state index in [0.29, 0.717) is 31.4 Å². The van der Waals surface area contributed by atoms with E-state index in [9.17, 15) is 14.9 Å². The van der Waals surface area contributed by atoms with Gasteiger partial charge in [0.15, 0.2) is 0 Å². The third-order valence-electron chi connectivity index (χ3n) is 2.50. The van der Waals surface area contributed by atoms with Gasteiger partial charge >= 0.3 is 0 Å². The molecule has 2 aromatic rings. The molecule has 0 aliphatic heterocycles. The monoisotopic (exact) mass is 386 g/mol. The van der Waals surface area contributed by atoms with Gasteiger partial charge in [-0.15, -0.1) is 0 Å². The van der Waals surface area contributed by atoms with Crippen LogP contribution in [0.15, 0.2) is 50.7 Å². The van der Waals surface area contributed by atoms with Crippen molar-refractivity contribution in [2.24, 2.45) is 0 Å². The SMILES string of the molecule is O=CNc1ccc(Cl)cc1Sc1ccc(Br)cc1[N+](=O)[O-]. The number of benzene rings is 2. The van der Waals surface area contributed by atoms with Crippen molar-refractivity contribution in [3.63, 3.8) is 0 Å². The van der Waals surface area contributed by atoms with E-state index in [1.165, 1.54) is 6.07 Å². The molecule has 0 heterocycles. The molecule has 0 aliphatic rings. The van der Waals surface area contributed by atoms with Gasteiger partial charge in [-0.2, -0.15) is 0 Å². The summed E-state index contributed by atoms with van der Waals surface area (Å²) in [5.41, 5.74) is 0.517. The zero-order chi connectivity index (χ0) is 15.4. The highest BCUT2D eigenvalue weighted by Gasteiger charge is 2.17. The van der Waals surface area contributed by atoms with Crippen molar-refractivity contribution in [3.8, 4) is 0 Å².